The zero-order valence-corrected chi connectivity index (χ0v) is 12.9. The van der Waals surface area contributed by atoms with Gasteiger partial charge in [0.05, 0.1) is 0 Å². The number of hydrogen-bond acceptors (Lipinski definition) is 2. The Morgan fingerprint density at radius 1 is 1.16 bits per heavy atom. The summed E-state index contributed by atoms with van der Waals surface area (Å²) < 4.78 is 0. The van der Waals surface area contributed by atoms with Crippen molar-refractivity contribution in [1.82, 2.24) is 10.2 Å². The van der Waals surface area contributed by atoms with Crippen LogP contribution in [0.1, 0.15) is 53.9 Å². The van der Waals surface area contributed by atoms with Crippen molar-refractivity contribution < 1.29 is 9.59 Å². The van der Waals surface area contributed by atoms with Crippen molar-refractivity contribution in [3.8, 4) is 0 Å². The van der Waals surface area contributed by atoms with E-state index in [1.807, 2.05) is 6.92 Å². The number of carbonyl (C=O) groups excluding carboxylic acids is 2. The van der Waals surface area contributed by atoms with Crippen LogP contribution in [-0.4, -0.2) is 35.3 Å². The zero-order chi connectivity index (χ0) is 14.6. The largest absolute Gasteiger partial charge is 0.342 e. The molecule has 1 N–H and O–H groups in total. The number of nitrogens with one attached hydrogen (secondary N) is 1. The summed E-state index contributed by atoms with van der Waals surface area (Å²) in [7, 11) is 0. The first-order valence-electron chi connectivity index (χ1n) is 7.47. The van der Waals surface area contributed by atoms with Gasteiger partial charge in [-0.1, -0.05) is 34.6 Å². The number of piperazine rings is 1. The Bertz CT molecular complexity index is 326. The maximum absolute atomic E-state index is 12.5. The van der Waals surface area contributed by atoms with E-state index in [1.165, 1.54) is 0 Å². The second kappa shape index (κ2) is 6.92. The molecule has 0 bridgehead atoms. The monoisotopic (exact) mass is 268 g/mol. The van der Waals surface area contributed by atoms with E-state index in [4.69, 9.17) is 0 Å². The second-order valence-electron chi connectivity index (χ2n) is 6.33. The zero-order valence-electron chi connectivity index (χ0n) is 12.9. The summed E-state index contributed by atoms with van der Waals surface area (Å²) in [6.45, 7) is 11.1. The Morgan fingerprint density at radius 3 is 2.26 bits per heavy atom. The van der Waals surface area contributed by atoms with Gasteiger partial charge in [-0.05, 0) is 31.1 Å². The van der Waals surface area contributed by atoms with Crippen LogP contribution in [0.15, 0.2) is 0 Å². The highest BCUT2D eigenvalue weighted by Gasteiger charge is 2.39. The Balaban J connectivity index is 2.80. The van der Waals surface area contributed by atoms with Crippen molar-refractivity contribution in [3.05, 3.63) is 0 Å². The Morgan fingerprint density at radius 2 is 1.79 bits per heavy atom. The molecule has 1 heterocycles. The van der Waals surface area contributed by atoms with Crippen LogP contribution in [0.4, 0.5) is 0 Å². The average molecular weight is 268 g/mol. The molecule has 0 aromatic heterocycles. The Hall–Kier alpha value is -1.06. The minimum atomic E-state index is -0.331. The maximum Gasteiger partial charge on any atom is 0.245 e. The van der Waals surface area contributed by atoms with Gasteiger partial charge < -0.3 is 10.2 Å². The lowest BCUT2D eigenvalue weighted by Gasteiger charge is -2.39. The van der Waals surface area contributed by atoms with Gasteiger partial charge in [-0.3, -0.25) is 9.59 Å². The van der Waals surface area contributed by atoms with E-state index in [2.05, 4.69) is 33.0 Å². The second-order valence-corrected chi connectivity index (χ2v) is 6.33. The fourth-order valence-corrected chi connectivity index (χ4v) is 2.53. The molecular formula is C15H28N2O2. The normalized spacial score (nSPS) is 24.3. The van der Waals surface area contributed by atoms with Gasteiger partial charge in [0, 0.05) is 6.54 Å². The number of amides is 2. The molecule has 2 unspecified atom stereocenters. The number of nitrogens with zero attached hydrogens (tertiary/aromatic N) is 1. The maximum atomic E-state index is 12.5. The summed E-state index contributed by atoms with van der Waals surface area (Å²) in [5, 5.41) is 2.89. The van der Waals surface area contributed by atoms with Gasteiger partial charge in [0.25, 0.3) is 0 Å². The predicted octanol–water partition coefficient (Wildman–Crippen LogP) is 2.18. The van der Waals surface area contributed by atoms with Crippen molar-refractivity contribution in [2.75, 3.05) is 6.54 Å². The molecule has 0 spiro atoms. The smallest absolute Gasteiger partial charge is 0.245 e. The van der Waals surface area contributed by atoms with Gasteiger partial charge in [0.2, 0.25) is 11.8 Å². The number of rotatable bonds is 6. The average Bonchev–Trinajstić information content (AvgIpc) is 2.30. The fraction of sp³-hybridized carbons (Fsp3) is 0.867. The molecule has 1 aliphatic heterocycles. The highest BCUT2D eigenvalue weighted by atomic mass is 16.2. The van der Waals surface area contributed by atoms with E-state index >= 15 is 0 Å². The number of carbonyl (C=O) groups is 2. The molecule has 0 radical (unpaired) electrons. The fourth-order valence-electron chi connectivity index (χ4n) is 2.53. The van der Waals surface area contributed by atoms with E-state index in [9.17, 15) is 9.59 Å². The summed E-state index contributed by atoms with van der Waals surface area (Å²) in [5.74, 6) is 1.05. The molecule has 4 heteroatoms. The molecule has 1 aliphatic rings. The first kappa shape index (κ1) is 16.0. The van der Waals surface area contributed by atoms with Crippen molar-refractivity contribution in [2.24, 2.45) is 11.8 Å². The molecule has 1 rings (SSSR count). The van der Waals surface area contributed by atoms with Gasteiger partial charge in [-0.15, -0.1) is 0 Å². The highest BCUT2D eigenvalue weighted by Crippen LogP contribution is 2.18. The molecule has 0 aromatic rings. The molecule has 4 nitrogen and oxygen atoms in total. The summed E-state index contributed by atoms with van der Waals surface area (Å²) in [4.78, 5) is 26.4. The lowest BCUT2D eigenvalue weighted by atomic mass is 9.97. The third kappa shape index (κ3) is 4.22. The minimum Gasteiger partial charge on any atom is -0.342 e. The van der Waals surface area contributed by atoms with E-state index in [1.54, 1.807) is 4.90 Å². The topological polar surface area (TPSA) is 49.4 Å². The summed E-state index contributed by atoms with van der Waals surface area (Å²) in [6, 6.07) is -0.614. The van der Waals surface area contributed by atoms with Crippen LogP contribution >= 0.6 is 0 Å². The summed E-state index contributed by atoms with van der Waals surface area (Å²) in [5.41, 5.74) is 0. The van der Waals surface area contributed by atoms with Crippen molar-refractivity contribution in [1.29, 1.82) is 0 Å². The third-order valence-electron chi connectivity index (χ3n) is 3.62. The van der Waals surface area contributed by atoms with Crippen LogP contribution in [0.25, 0.3) is 0 Å². The summed E-state index contributed by atoms with van der Waals surface area (Å²) >= 11 is 0. The molecule has 0 saturated carbocycles. The van der Waals surface area contributed by atoms with Gasteiger partial charge in [0.1, 0.15) is 12.1 Å². The lowest BCUT2D eigenvalue weighted by Crippen LogP contribution is -2.63. The first-order valence-corrected chi connectivity index (χ1v) is 7.47. The van der Waals surface area contributed by atoms with Crippen LogP contribution in [-0.2, 0) is 9.59 Å². The van der Waals surface area contributed by atoms with Crippen LogP contribution in [0.2, 0.25) is 0 Å². The molecule has 2 atom stereocenters. The SMILES string of the molecule is CCC1C(=O)NC(CC(C)C)C(=O)N1CCC(C)C. The molecule has 1 saturated heterocycles. The molecule has 2 amide bonds. The third-order valence-corrected chi connectivity index (χ3v) is 3.62. The molecular weight excluding hydrogens is 240 g/mol. The first-order chi connectivity index (χ1) is 8.86. The minimum absolute atomic E-state index is 0.0107. The molecule has 19 heavy (non-hydrogen) atoms. The molecule has 1 fully saturated rings. The quantitative estimate of drug-likeness (QED) is 0.802. The van der Waals surface area contributed by atoms with E-state index in [0.29, 0.717) is 24.8 Å². The standard InChI is InChI=1S/C15H28N2O2/c1-6-13-14(18)16-12(9-11(4)5)15(19)17(13)8-7-10(2)3/h10-13H,6-9H2,1-5H3,(H,16,18). The highest BCUT2D eigenvalue weighted by molar-refractivity contribution is 5.96. The molecule has 0 aliphatic carbocycles. The van der Waals surface area contributed by atoms with Crippen LogP contribution in [0, 0.1) is 11.8 Å². The van der Waals surface area contributed by atoms with Gasteiger partial charge >= 0.3 is 0 Å². The van der Waals surface area contributed by atoms with E-state index in [-0.39, 0.29) is 23.9 Å². The molecule has 110 valence electrons. The van der Waals surface area contributed by atoms with Crippen molar-refractivity contribution >= 4 is 11.8 Å². The molecule has 0 aromatic carbocycles. The van der Waals surface area contributed by atoms with Crippen molar-refractivity contribution in [2.45, 2.75) is 66.0 Å². The Kier molecular flexibility index (Phi) is 5.83. The van der Waals surface area contributed by atoms with E-state index < -0.39 is 0 Å². The van der Waals surface area contributed by atoms with Crippen LogP contribution < -0.4 is 5.32 Å². The van der Waals surface area contributed by atoms with Crippen molar-refractivity contribution in [3.63, 3.8) is 0 Å². The van der Waals surface area contributed by atoms with E-state index in [0.717, 1.165) is 12.8 Å². The van der Waals surface area contributed by atoms with Gasteiger partial charge in [0.15, 0.2) is 0 Å². The predicted molar refractivity (Wildman–Crippen MR) is 76.6 cm³/mol. The Labute approximate surface area is 116 Å². The van der Waals surface area contributed by atoms with Gasteiger partial charge in [-0.25, -0.2) is 0 Å². The van der Waals surface area contributed by atoms with Crippen LogP contribution in [0.3, 0.4) is 0 Å². The van der Waals surface area contributed by atoms with Gasteiger partial charge in [-0.2, -0.15) is 0 Å². The summed E-state index contributed by atoms with van der Waals surface area (Å²) in [6.07, 6.45) is 2.35. The number of hydrogen-bond donors (Lipinski definition) is 1. The van der Waals surface area contributed by atoms with Crippen LogP contribution in [0.5, 0.6) is 0 Å². The lowest BCUT2D eigenvalue weighted by molar-refractivity contribution is -0.150.